The number of aryl methyl sites for hydroxylation is 2. The number of halogens is 1. The number of hydrogen-bond acceptors (Lipinski definition) is 7. The minimum absolute atomic E-state index is 0.165. The topological polar surface area (TPSA) is 72.0 Å². The fourth-order valence-corrected chi connectivity index (χ4v) is 3.64. The maximum atomic E-state index is 13.4. The van der Waals surface area contributed by atoms with E-state index in [4.69, 9.17) is 4.74 Å². The second-order valence-corrected chi connectivity index (χ2v) is 7.29. The first kappa shape index (κ1) is 19.2. The molecule has 1 aromatic carbocycles. The molecule has 0 aliphatic heterocycles. The van der Waals surface area contributed by atoms with E-state index in [1.807, 2.05) is 19.9 Å². The van der Waals surface area contributed by atoms with Crippen molar-refractivity contribution in [3.05, 3.63) is 47.5 Å². The van der Waals surface area contributed by atoms with Crippen LogP contribution in [-0.4, -0.2) is 34.7 Å². The third-order valence-electron chi connectivity index (χ3n) is 3.89. The van der Waals surface area contributed by atoms with E-state index >= 15 is 0 Å². The lowest BCUT2D eigenvalue weighted by molar-refractivity contribution is 0.190. The summed E-state index contributed by atoms with van der Waals surface area (Å²) in [6, 6.07) is 6.83. The fraction of sp³-hybridized carbons (Fsp3) is 0.316. The fourth-order valence-electron chi connectivity index (χ4n) is 2.60. The van der Waals surface area contributed by atoms with Crippen LogP contribution in [0.15, 0.2) is 30.5 Å². The molecule has 6 nitrogen and oxygen atoms in total. The molecule has 27 heavy (non-hydrogen) atoms. The maximum absolute atomic E-state index is 13.4. The van der Waals surface area contributed by atoms with Crippen molar-refractivity contribution in [1.82, 2.24) is 15.0 Å². The van der Waals surface area contributed by atoms with E-state index in [2.05, 4.69) is 25.6 Å². The average molecular weight is 387 g/mol. The first-order valence-electron chi connectivity index (χ1n) is 8.55. The van der Waals surface area contributed by atoms with Crippen LogP contribution >= 0.6 is 11.3 Å². The highest BCUT2D eigenvalue weighted by Crippen LogP contribution is 2.32. The van der Waals surface area contributed by atoms with Crippen LogP contribution in [0.3, 0.4) is 0 Å². The van der Waals surface area contributed by atoms with Crippen LogP contribution in [0.1, 0.15) is 18.2 Å². The molecule has 1 unspecified atom stereocenters. The van der Waals surface area contributed by atoms with Crippen molar-refractivity contribution in [1.29, 1.82) is 0 Å². The van der Waals surface area contributed by atoms with Gasteiger partial charge in [0.25, 0.3) is 0 Å². The molecule has 0 aliphatic carbocycles. The molecule has 0 radical (unpaired) electrons. The number of aromatic nitrogens is 3. The molecule has 0 amide bonds. The zero-order chi connectivity index (χ0) is 19.4. The number of benzene rings is 1. The maximum Gasteiger partial charge on any atom is 0.227 e. The van der Waals surface area contributed by atoms with Gasteiger partial charge in [0.15, 0.2) is 5.13 Å². The Morgan fingerprint density at radius 2 is 2.04 bits per heavy atom. The van der Waals surface area contributed by atoms with E-state index < -0.39 is 0 Å². The van der Waals surface area contributed by atoms with Gasteiger partial charge in [-0.05, 0) is 50.6 Å². The highest BCUT2D eigenvalue weighted by molar-refractivity contribution is 7.19. The lowest BCUT2D eigenvalue weighted by atomic mass is 10.2. The Morgan fingerprint density at radius 3 is 2.78 bits per heavy atom. The van der Waals surface area contributed by atoms with Gasteiger partial charge in [-0.3, -0.25) is 0 Å². The van der Waals surface area contributed by atoms with Gasteiger partial charge >= 0.3 is 0 Å². The molecule has 142 valence electrons. The molecule has 3 aromatic rings. The van der Waals surface area contributed by atoms with Crippen LogP contribution in [0.5, 0.6) is 0 Å². The molecular formula is C19H22FN5OS. The molecule has 0 saturated carbocycles. The summed E-state index contributed by atoms with van der Waals surface area (Å²) in [5.74, 6) is 0.215. The second-order valence-electron chi connectivity index (χ2n) is 6.29. The van der Waals surface area contributed by atoms with E-state index in [0.29, 0.717) is 18.1 Å². The van der Waals surface area contributed by atoms with Crippen molar-refractivity contribution in [2.75, 3.05) is 24.4 Å². The molecule has 8 heteroatoms. The van der Waals surface area contributed by atoms with E-state index in [1.54, 1.807) is 43.7 Å². The van der Waals surface area contributed by atoms with Gasteiger partial charge in [0, 0.05) is 25.0 Å². The van der Waals surface area contributed by atoms with Gasteiger partial charge in [-0.15, -0.1) is 0 Å². The standard InChI is InChI=1S/C19H22FN5OS/c1-11-9-14(5-6-15(11)20)24-18-21-8-7-16(25-18)17-13(3)23-19(27-17)22-12(2)10-26-4/h5-9,12H,10H2,1-4H3,(H,22,23)(H,21,24,25). The number of anilines is 3. The summed E-state index contributed by atoms with van der Waals surface area (Å²) in [6.07, 6.45) is 1.70. The highest BCUT2D eigenvalue weighted by atomic mass is 32.1. The number of methoxy groups -OCH3 is 1. The smallest absolute Gasteiger partial charge is 0.227 e. The van der Waals surface area contributed by atoms with E-state index in [0.717, 1.165) is 27.1 Å². The van der Waals surface area contributed by atoms with Crippen molar-refractivity contribution < 1.29 is 9.13 Å². The Balaban J connectivity index is 1.81. The SMILES string of the molecule is COCC(C)Nc1nc(C)c(-c2ccnc(Nc3ccc(F)c(C)c3)n2)s1. The van der Waals surface area contributed by atoms with Crippen molar-refractivity contribution in [3.8, 4) is 10.6 Å². The van der Waals surface area contributed by atoms with Crippen LogP contribution in [0, 0.1) is 19.7 Å². The molecule has 2 aromatic heterocycles. The molecule has 0 bridgehead atoms. The van der Waals surface area contributed by atoms with Crippen molar-refractivity contribution in [2.24, 2.45) is 0 Å². The molecule has 0 aliphatic rings. The van der Waals surface area contributed by atoms with Crippen LogP contribution in [0.25, 0.3) is 10.6 Å². The molecule has 0 saturated heterocycles. The zero-order valence-corrected chi connectivity index (χ0v) is 16.5. The number of rotatable bonds is 7. The quantitative estimate of drug-likeness (QED) is 0.620. The van der Waals surface area contributed by atoms with Gasteiger partial charge in [0.1, 0.15) is 5.82 Å². The van der Waals surface area contributed by atoms with Crippen molar-refractivity contribution in [2.45, 2.75) is 26.8 Å². The molecule has 1 atom stereocenters. The summed E-state index contributed by atoms with van der Waals surface area (Å²) < 4.78 is 18.6. The Labute approximate surface area is 161 Å². The summed E-state index contributed by atoms with van der Waals surface area (Å²) in [6.45, 7) is 6.32. The Bertz CT molecular complexity index is 930. The number of thiazole rings is 1. The van der Waals surface area contributed by atoms with Crippen LogP contribution in [0.4, 0.5) is 21.2 Å². The van der Waals surface area contributed by atoms with Crippen molar-refractivity contribution >= 4 is 28.1 Å². The molecule has 0 fully saturated rings. The lowest BCUT2D eigenvalue weighted by Crippen LogP contribution is -2.20. The Hall–Kier alpha value is -2.58. The van der Waals surface area contributed by atoms with E-state index in [9.17, 15) is 4.39 Å². The molecule has 2 N–H and O–H groups in total. The summed E-state index contributed by atoms with van der Waals surface area (Å²) >= 11 is 1.54. The summed E-state index contributed by atoms with van der Waals surface area (Å²) in [5.41, 5.74) is 2.99. The van der Waals surface area contributed by atoms with Gasteiger partial charge in [-0.1, -0.05) is 11.3 Å². The Kier molecular flexibility index (Phi) is 5.98. The first-order valence-corrected chi connectivity index (χ1v) is 9.37. The monoisotopic (exact) mass is 387 g/mol. The third-order valence-corrected chi connectivity index (χ3v) is 5.00. The molecule has 3 rings (SSSR count). The van der Waals surface area contributed by atoms with Gasteiger partial charge in [0.2, 0.25) is 5.95 Å². The number of ether oxygens (including phenoxy) is 1. The van der Waals surface area contributed by atoms with Crippen LogP contribution < -0.4 is 10.6 Å². The van der Waals surface area contributed by atoms with E-state index in [-0.39, 0.29) is 11.9 Å². The van der Waals surface area contributed by atoms with Gasteiger partial charge < -0.3 is 15.4 Å². The summed E-state index contributed by atoms with van der Waals surface area (Å²) in [5, 5.41) is 7.28. The van der Waals surface area contributed by atoms with E-state index in [1.165, 1.54) is 6.07 Å². The molecule has 0 spiro atoms. The second kappa shape index (κ2) is 8.41. The highest BCUT2D eigenvalue weighted by Gasteiger charge is 2.13. The predicted octanol–water partition coefficient (Wildman–Crippen LogP) is 4.55. The van der Waals surface area contributed by atoms with Crippen LogP contribution in [0.2, 0.25) is 0 Å². The largest absolute Gasteiger partial charge is 0.383 e. The first-order chi connectivity index (χ1) is 13.0. The van der Waals surface area contributed by atoms with Crippen molar-refractivity contribution in [3.63, 3.8) is 0 Å². The predicted molar refractivity (Wildman–Crippen MR) is 107 cm³/mol. The number of hydrogen-bond donors (Lipinski definition) is 2. The molecular weight excluding hydrogens is 365 g/mol. The normalized spacial score (nSPS) is 12.0. The Morgan fingerprint density at radius 1 is 1.22 bits per heavy atom. The third kappa shape index (κ3) is 4.78. The van der Waals surface area contributed by atoms with Gasteiger partial charge in [-0.25, -0.2) is 19.3 Å². The lowest BCUT2D eigenvalue weighted by Gasteiger charge is -2.10. The summed E-state index contributed by atoms with van der Waals surface area (Å²) in [7, 11) is 1.68. The average Bonchev–Trinajstić information content (AvgIpc) is 2.99. The minimum Gasteiger partial charge on any atom is -0.383 e. The zero-order valence-electron chi connectivity index (χ0n) is 15.7. The van der Waals surface area contributed by atoms with Gasteiger partial charge in [-0.2, -0.15) is 0 Å². The van der Waals surface area contributed by atoms with Crippen LogP contribution in [-0.2, 0) is 4.74 Å². The number of nitrogens with zero attached hydrogens (tertiary/aromatic N) is 3. The minimum atomic E-state index is -0.238. The summed E-state index contributed by atoms with van der Waals surface area (Å²) in [4.78, 5) is 14.4. The molecule has 2 heterocycles. The number of nitrogens with one attached hydrogen (secondary N) is 2. The van der Waals surface area contributed by atoms with Gasteiger partial charge in [0.05, 0.1) is 22.9 Å².